The van der Waals surface area contributed by atoms with Crippen molar-refractivity contribution in [3.8, 4) is 0 Å². The molecule has 0 aliphatic heterocycles. The first-order valence-electron chi connectivity index (χ1n) is 6.09. The minimum atomic E-state index is -0.257. The fraction of sp³-hybridized carbons (Fsp3) is 0.214. The molecule has 2 aromatic heterocycles. The molecule has 6 heteroatoms. The lowest BCUT2D eigenvalue weighted by Crippen LogP contribution is -2.13. The highest BCUT2D eigenvalue weighted by Gasteiger charge is 2.10. The van der Waals surface area contributed by atoms with E-state index in [1.54, 1.807) is 12.1 Å². The molecule has 0 saturated heterocycles. The van der Waals surface area contributed by atoms with Gasteiger partial charge in [0.2, 0.25) is 0 Å². The van der Waals surface area contributed by atoms with Crippen LogP contribution in [0, 0.1) is 6.92 Å². The Hall–Kier alpha value is -1.65. The second-order valence-corrected chi connectivity index (χ2v) is 5.05. The zero-order valence-electron chi connectivity index (χ0n) is 11.1. The first kappa shape index (κ1) is 14.8. The predicted octanol–water partition coefficient (Wildman–Crippen LogP) is 3.91. The fourth-order valence-corrected chi connectivity index (χ4v) is 2.02. The van der Waals surface area contributed by atoms with E-state index in [0.717, 1.165) is 11.3 Å². The second-order valence-electron chi connectivity index (χ2n) is 4.31. The molecule has 0 atom stereocenters. The summed E-state index contributed by atoms with van der Waals surface area (Å²) in [6.07, 6.45) is 2.22. The molecule has 0 bridgehead atoms. The van der Waals surface area contributed by atoms with Gasteiger partial charge in [-0.15, -0.1) is 0 Å². The Morgan fingerprint density at radius 2 is 2.05 bits per heavy atom. The van der Waals surface area contributed by atoms with Crippen LogP contribution in [0.2, 0.25) is 10.3 Å². The molecule has 104 valence electrons. The number of aryl methyl sites for hydroxylation is 2. The molecule has 0 radical (unpaired) electrons. The maximum Gasteiger partial charge on any atom is 0.255 e. The Kier molecular flexibility index (Phi) is 4.57. The Labute approximate surface area is 127 Å². The number of pyridine rings is 2. The molecule has 20 heavy (non-hydrogen) atoms. The molecule has 2 rings (SSSR count). The number of hydrogen-bond donors (Lipinski definition) is 1. The smallest absolute Gasteiger partial charge is 0.255 e. The average Bonchev–Trinajstić information content (AvgIpc) is 2.42. The standard InChI is InChI=1S/C14H13Cl2N3O/c1-3-10-5-9(6-12(15)18-10)14(20)19-11-4-8(2)13(16)17-7-11/h4-7H,3H2,1-2H3,(H,19,20). The Morgan fingerprint density at radius 1 is 1.30 bits per heavy atom. The van der Waals surface area contributed by atoms with E-state index in [9.17, 15) is 4.79 Å². The van der Waals surface area contributed by atoms with E-state index in [4.69, 9.17) is 23.2 Å². The van der Waals surface area contributed by atoms with E-state index in [2.05, 4.69) is 15.3 Å². The van der Waals surface area contributed by atoms with Gasteiger partial charge in [0.1, 0.15) is 10.3 Å². The molecule has 2 heterocycles. The second kappa shape index (κ2) is 6.20. The Bertz CT molecular complexity index is 659. The maximum atomic E-state index is 12.2. The van der Waals surface area contributed by atoms with Crippen molar-refractivity contribution in [1.82, 2.24) is 9.97 Å². The van der Waals surface area contributed by atoms with Crippen LogP contribution in [0.1, 0.15) is 28.5 Å². The quantitative estimate of drug-likeness (QED) is 0.875. The van der Waals surface area contributed by atoms with Crippen molar-refractivity contribution in [3.05, 3.63) is 51.5 Å². The molecule has 0 spiro atoms. The first-order valence-corrected chi connectivity index (χ1v) is 6.85. The van der Waals surface area contributed by atoms with Crippen molar-refractivity contribution in [2.24, 2.45) is 0 Å². The van der Waals surface area contributed by atoms with Crippen molar-refractivity contribution >= 4 is 34.8 Å². The molecule has 0 fully saturated rings. The lowest BCUT2D eigenvalue weighted by Gasteiger charge is -2.07. The van der Waals surface area contributed by atoms with Crippen LogP contribution in [0.5, 0.6) is 0 Å². The third-order valence-electron chi connectivity index (χ3n) is 2.74. The van der Waals surface area contributed by atoms with E-state index in [-0.39, 0.29) is 5.91 Å². The van der Waals surface area contributed by atoms with Crippen LogP contribution < -0.4 is 5.32 Å². The normalized spacial score (nSPS) is 10.4. The number of carbonyl (C=O) groups excluding carboxylic acids is 1. The van der Waals surface area contributed by atoms with Crippen LogP contribution in [0.15, 0.2) is 24.4 Å². The highest BCUT2D eigenvalue weighted by Crippen LogP contribution is 2.18. The van der Waals surface area contributed by atoms with Gasteiger partial charge in [0, 0.05) is 11.3 Å². The summed E-state index contributed by atoms with van der Waals surface area (Å²) in [5, 5.41) is 3.48. The van der Waals surface area contributed by atoms with E-state index in [0.29, 0.717) is 28.0 Å². The number of nitrogens with zero attached hydrogens (tertiary/aromatic N) is 2. The van der Waals surface area contributed by atoms with Crippen molar-refractivity contribution in [2.45, 2.75) is 20.3 Å². The summed E-state index contributed by atoms with van der Waals surface area (Å²) in [6.45, 7) is 3.77. The van der Waals surface area contributed by atoms with Crippen LogP contribution >= 0.6 is 23.2 Å². The van der Waals surface area contributed by atoms with Gasteiger partial charge in [-0.25, -0.2) is 9.97 Å². The number of hydrogen-bond acceptors (Lipinski definition) is 3. The number of halogens is 2. The minimum absolute atomic E-state index is 0.257. The zero-order valence-corrected chi connectivity index (χ0v) is 12.6. The van der Waals surface area contributed by atoms with Gasteiger partial charge < -0.3 is 5.32 Å². The fourth-order valence-electron chi connectivity index (χ4n) is 1.69. The van der Waals surface area contributed by atoms with Gasteiger partial charge in [0.25, 0.3) is 5.91 Å². The van der Waals surface area contributed by atoms with Crippen LogP contribution in [0.3, 0.4) is 0 Å². The molecule has 1 N–H and O–H groups in total. The highest BCUT2D eigenvalue weighted by molar-refractivity contribution is 6.30. The third kappa shape index (κ3) is 3.46. The first-order chi connectivity index (χ1) is 9.49. The highest BCUT2D eigenvalue weighted by atomic mass is 35.5. The molecular formula is C14H13Cl2N3O. The molecule has 0 aromatic carbocycles. The summed E-state index contributed by atoms with van der Waals surface area (Å²) in [5.74, 6) is -0.257. The van der Waals surface area contributed by atoms with E-state index >= 15 is 0 Å². The summed E-state index contributed by atoms with van der Waals surface area (Å²) in [4.78, 5) is 20.3. The number of nitrogens with one attached hydrogen (secondary N) is 1. The minimum Gasteiger partial charge on any atom is -0.321 e. The van der Waals surface area contributed by atoms with Gasteiger partial charge in [-0.05, 0) is 37.1 Å². The largest absolute Gasteiger partial charge is 0.321 e. The lowest BCUT2D eigenvalue weighted by atomic mass is 10.2. The number of aromatic nitrogens is 2. The SMILES string of the molecule is CCc1cc(C(=O)Nc2cnc(Cl)c(C)c2)cc(Cl)n1. The van der Waals surface area contributed by atoms with E-state index < -0.39 is 0 Å². The maximum absolute atomic E-state index is 12.2. The number of amides is 1. The summed E-state index contributed by atoms with van der Waals surface area (Å²) < 4.78 is 0. The van der Waals surface area contributed by atoms with Crippen LogP contribution in [0.25, 0.3) is 0 Å². The number of carbonyl (C=O) groups is 1. The van der Waals surface area contributed by atoms with E-state index in [1.807, 2.05) is 13.8 Å². The zero-order chi connectivity index (χ0) is 14.7. The van der Waals surface area contributed by atoms with E-state index in [1.165, 1.54) is 12.3 Å². The van der Waals surface area contributed by atoms with Gasteiger partial charge in [0.15, 0.2) is 0 Å². The topological polar surface area (TPSA) is 54.9 Å². The monoisotopic (exact) mass is 309 g/mol. The van der Waals surface area contributed by atoms with Gasteiger partial charge >= 0.3 is 0 Å². The van der Waals surface area contributed by atoms with Crippen molar-refractivity contribution in [3.63, 3.8) is 0 Å². The Balaban J connectivity index is 2.23. The molecule has 4 nitrogen and oxygen atoms in total. The molecule has 1 amide bonds. The lowest BCUT2D eigenvalue weighted by molar-refractivity contribution is 0.102. The summed E-state index contributed by atoms with van der Waals surface area (Å²) in [6, 6.07) is 5.01. The summed E-state index contributed by atoms with van der Waals surface area (Å²) in [5.41, 5.74) is 2.62. The molecule has 0 aliphatic carbocycles. The van der Waals surface area contributed by atoms with Crippen molar-refractivity contribution < 1.29 is 4.79 Å². The van der Waals surface area contributed by atoms with Gasteiger partial charge in [-0.2, -0.15) is 0 Å². The van der Waals surface area contributed by atoms with Crippen molar-refractivity contribution in [2.75, 3.05) is 5.32 Å². The van der Waals surface area contributed by atoms with Crippen molar-refractivity contribution in [1.29, 1.82) is 0 Å². The molecule has 0 saturated carbocycles. The molecule has 0 unspecified atom stereocenters. The van der Waals surface area contributed by atoms with Gasteiger partial charge in [0.05, 0.1) is 11.9 Å². The summed E-state index contributed by atoms with van der Waals surface area (Å²) in [7, 11) is 0. The van der Waals surface area contributed by atoms with Gasteiger partial charge in [-0.1, -0.05) is 30.1 Å². The van der Waals surface area contributed by atoms with Crippen LogP contribution in [-0.4, -0.2) is 15.9 Å². The summed E-state index contributed by atoms with van der Waals surface area (Å²) >= 11 is 11.7. The average molecular weight is 310 g/mol. The molecular weight excluding hydrogens is 297 g/mol. The third-order valence-corrected chi connectivity index (χ3v) is 3.33. The molecule has 0 aliphatic rings. The van der Waals surface area contributed by atoms with Crippen LogP contribution in [-0.2, 0) is 6.42 Å². The predicted molar refractivity (Wildman–Crippen MR) is 80.6 cm³/mol. The number of anilines is 1. The number of rotatable bonds is 3. The van der Waals surface area contributed by atoms with Crippen LogP contribution in [0.4, 0.5) is 5.69 Å². The Morgan fingerprint density at radius 3 is 2.70 bits per heavy atom. The van der Waals surface area contributed by atoms with Gasteiger partial charge in [-0.3, -0.25) is 4.79 Å². The molecule has 2 aromatic rings.